The third-order valence-electron chi connectivity index (χ3n) is 2.84. The molecule has 5 nitrogen and oxygen atoms in total. The molecule has 1 aromatic heterocycles. The molecule has 0 spiro atoms. The van der Waals surface area contributed by atoms with E-state index in [1.54, 1.807) is 6.20 Å². The zero-order chi connectivity index (χ0) is 13.4. The van der Waals surface area contributed by atoms with E-state index in [0.717, 1.165) is 31.7 Å². The molecule has 1 amide bonds. The van der Waals surface area contributed by atoms with Crippen molar-refractivity contribution in [2.45, 2.75) is 27.2 Å². The number of aryl methyl sites for hydroxylation is 1. The Hall–Kier alpha value is -1.49. The van der Waals surface area contributed by atoms with Crippen LogP contribution in [0.5, 0.6) is 0 Å². The van der Waals surface area contributed by atoms with E-state index in [1.807, 2.05) is 6.92 Å². The summed E-state index contributed by atoms with van der Waals surface area (Å²) in [4.78, 5) is 22.1. The Morgan fingerprint density at radius 3 is 2.56 bits per heavy atom. The number of amides is 1. The summed E-state index contributed by atoms with van der Waals surface area (Å²) in [5, 5.41) is 2.85. The third kappa shape index (κ3) is 4.79. The van der Waals surface area contributed by atoms with Gasteiger partial charge in [0, 0.05) is 12.7 Å². The molecule has 1 N–H and O–H groups in total. The fourth-order valence-electron chi connectivity index (χ4n) is 1.64. The van der Waals surface area contributed by atoms with E-state index in [1.165, 1.54) is 6.20 Å². The predicted octanol–water partition coefficient (Wildman–Crippen LogP) is 1.25. The van der Waals surface area contributed by atoms with E-state index >= 15 is 0 Å². The molecule has 0 fully saturated rings. The first-order valence-corrected chi connectivity index (χ1v) is 6.46. The molecular weight excluding hydrogens is 228 g/mol. The van der Waals surface area contributed by atoms with Gasteiger partial charge in [-0.15, -0.1) is 0 Å². The number of carbonyl (C=O) groups excluding carboxylic acids is 1. The number of nitrogens with one attached hydrogen (secondary N) is 1. The van der Waals surface area contributed by atoms with Crippen molar-refractivity contribution in [2.24, 2.45) is 0 Å². The van der Waals surface area contributed by atoms with E-state index in [-0.39, 0.29) is 5.91 Å². The van der Waals surface area contributed by atoms with Crippen LogP contribution in [-0.4, -0.2) is 47.0 Å². The highest BCUT2D eigenvalue weighted by molar-refractivity contribution is 5.91. The van der Waals surface area contributed by atoms with Gasteiger partial charge in [0.1, 0.15) is 5.69 Å². The van der Waals surface area contributed by atoms with Crippen molar-refractivity contribution in [3.63, 3.8) is 0 Å². The lowest BCUT2D eigenvalue weighted by Gasteiger charge is -2.17. The molecule has 0 unspecified atom stereocenters. The summed E-state index contributed by atoms with van der Waals surface area (Å²) < 4.78 is 0. The summed E-state index contributed by atoms with van der Waals surface area (Å²) in [5.41, 5.74) is 1.19. The zero-order valence-corrected chi connectivity index (χ0v) is 11.4. The molecule has 0 aliphatic carbocycles. The largest absolute Gasteiger partial charge is 0.351 e. The summed E-state index contributed by atoms with van der Waals surface area (Å²) in [7, 11) is 0. The molecule has 0 saturated carbocycles. The second-order valence-corrected chi connectivity index (χ2v) is 4.18. The normalized spacial score (nSPS) is 10.7. The van der Waals surface area contributed by atoms with Crippen LogP contribution in [0.15, 0.2) is 12.4 Å². The molecular formula is C13H22N4O. The molecule has 1 heterocycles. The van der Waals surface area contributed by atoms with Crippen molar-refractivity contribution < 1.29 is 4.79 Å². The van der Waals surface area contributed by atoms with Crippen molar-refractivity contribution in [2.75, 3.05) is 26.2 Å². The summed E-state index contributed by atoms with van der Waals surface area (Å²) in [5.74, 6) is -0.151. The van der Waals surface area contributed by atoms with Gasteiger partial charge >= 0.3 is 0 Å². The smallest absolute Gasteiger partial charge is 0.271 e. The predicted molar refractivity (Wildman–Crippen MR) is 71.5 cm³/mol. The van der Waals surface area contributed by atoms with Gasteiger partial charge in [-0.1, -0.05) is 13.8 Å². The highest BCUT2D eigenvalue weighted by Crippen LogP contribution is 1.94. The Morgan fingerprint density at radius 1 is 1.28 bits per heavy atom. The second-order valence-electron chi connectivity index (χ2n) is 4.18. The topological polar surface area (TPSA) is 58.1 Å². The molecule has 0 aliphatic rings. The van der Waals surface area contributed by atoms with Crippen LogP contribution in [0.4, 0.5) is 0 Å². The minimum Gasteiger partial charge on any atom is -0.351 e. The lowest BCUT2D eigenvalue weighted by Crippen LogP contribution is -2.30. The van der Waals surface area contributed by atoms with Gasteiger partial charge in [0.15, 0.2) is 0 Å². The number of nitrogens with zero attached hydrogens (tertiary/aromatic N) is 3. The van der Waals surface area contributed by atoms with Crippen LogP contribution in [0.3, 0.4) is 0 Å². The van der Waals surface area contributed by atoms with Crippen LogP contribution < -0.4 is 5.32 Å². The molecule has 100 valence electrons. The maximum atomic E-state index is 11.7. The monoisotopic (exact) mass is 250 g/mol. The van der Waals surface area contributed by atoms with Crippen LogP contribution in [0.25, 0.3) is 0 Å². The zero-order valence-electron chi connectivity index (χ0n) is 11.4. The lowest BCUT2D eigenvalue weighted by molar-refractivity contribution is 0.0946. The molecule has 18 heavy (non-hydrogen) atoms. The molecule has 0 saturated heterocycles. The van der Waals surface area contributed by atoms with E-state index < -0.39 is 0 Å². The minimum absolute atomic E-state index is 0.151. The van der Waals surface area contributed by atoms with E-state index in [4.69, 9.17) is 0 Å². The first-order chi connectivity index (χ1) is 8.67. The molecule has 0 radical (unpaired) electrons. The molecule has 0 aromatic carbocycles. The van der Waals surface area contributed by atoms with Crippen molar-refractivity contribution in [3.8, 4) is 0 Å². The molecule has 0 atom stereocenters. The van der Waals surface area contributed by atoms with Gasteiger partial charge in [0.2, 0.25) is 0 Å². The van der Waals surface area contributed by atoms with Gasteiger partial charge in [-0.3, -0.25) is 9.78 Å². The van der Waals surface area contributed by atoms with Gasteiger partial charge in [0.25, 0.3) is 5.91 Å². The Labute approximate surface area is 109 Å². The molecule has 5 heteroatoms. The molecule has 0 aliphatic heterocycles. The van der Waals surface area contributed by atoms with Crippen LogP contribution in [-0.2, 0) is 0 Å². The first kappa shape index (κ1) is 14.6. The van der Waals surface area contributed by atoms with Gasteiger partial charge in [-0.2, -0.15) is 0 Å². The van der Waals surface area contributed by atoms with Crippen molar-refractivity contribution in [1.29, 1.82) is 0 Å². The van der Waals surface area contributed by atoms with Crippen LogP contribution in [0.1, 0.15) is 36.5 Å². The molecule has 1 aromatic rings. The lowest BCUT2D eigenvalue weighted by atomic mass is 10.3. The molecule has 0 bridgehead atoms. The number of hydrogen-bond acceptors (Lipinski definition) is 4. The maximum Gasteiger partial charge on any atom is 0.271 e. The van der Waals surface area contributed by atoms with Crippen molar-refractivity contribution in [1.82, 2.24) is 20.2 Å². The summed E-state index contributed by atoms with van der Waals surface area (Å²) in [6.45, 7) is 9.91. The number of rotatable bonds is 7. The Kier molecular flexibility index (Phi) is 6.28. The Balaban J connectivity index is 2.27. The summed E-state index contributed by atoms with van der Waals surface area (Å²) in [6.07, 6.45) is 4.06. The number of carbonyl (C=O) groups is 1. The fraction of sp³-hybridized carbons (Fsp3) is 0.615. The highest BCUT2D eigenvalue weighted by atomic mass is 16.1. The number of hydrogen-bond donors (Lipinski definition) is 1. The van der Waals surface area contributed by atoms with E-state index in [9.17, 15) is 4.79 Å². The van der Waals surface area contributed by atoms with Crippen LogP contribution >= 0.6 is 0 Å². The quantitative estimate of drug-likeness (QED) is 0.740. The number of aromatic nitrogens is 2. The average molecular weight is 250 g/mol. The van der Waals surface area contributed by atoms with Crippen LogP contribution in [0.2, 0.25) is 0 Å². The Bertz CT molecular complexity index is 360. The SMILES string of the molecule is CCN(CC)CCCNC(=O)c1cnc(C)cn1. The van der Waals surface area contributed by atoms with E-state index in [2.05, 4.69) is 34.0 Å². The third-order valence-corrected chi connectivity index (χ3v) is 2.84. The minimum atomic E-state index is -0.151. The average Bonchev–Trinajstić information content (AvgIpc) is 2.39. The summed E-state index contributed by atoms with van der Waals surface area (Å²) in [6, 6.07) is 0. The standard InChI is InChI=1S/C13H22N4O/c1-4-17(5-2)8-6-7-14-13(18)12-10-15-11(3)9-16-12/h9-10H,4-8H2,1-3H3,(H,14,18). The van der Waals surface area contributed by atoms with Gasteiger partial charge in [-0.05, 0) is 33.0 Å². The van der Waals surface area contributed by atoms with E-state index in [0.29, 0.717) is 12.2 Å². The molecule has 1 rings (SSSR count). The van der Waals surface area contributed by atoms with Gasteiger partial charge in [-0.25, -0.2) is 4.98 Å². The fourth-order valence-corrected chi connectivity index (χ4v) is 1.64. The van der Waals surface area contributed by atoms with Gasteiger partial charge < -0.3 is 10.2 Å². The Morgan fingerprint density at radius 2 is 2.00 bits per heavy atom. The van der Waals surface area contributed by atoms with Crippen molar-refractivity contribution >= 4 is 5.91 Å². The summed E-state index contributed by atoms with van der Waals surface area (Å²) >= 11 is 0. The van der Waals surface area contributed by atoms with Crippen molar-refractivity contribution in [3.05, 3.63) is 23.8 Å². The van der Waals surface area contributed by atoms with Crippen LogP contribution in [0, 0.1) is 6.92 Å². The second kappa shape index (κ2) is 7.76. The maximum absolute atomic E-state index is 11.7. The van der Waals surface area contributed by atoms with Gasteiger partial charge in [0.05, 0.1) is 11.9 Å². The first-order valence-electron chi connectivity index (χ1n) is 6.46. The highest BCUT2D eigenvalue weighted by Gasteiger charge is 2.06.